The van der Waals surface area contributed by atoms with Crippen molar-refractivity contribution in [2.75, 3.05) is 43.1 Å². The van der Waals surface area contributed by atoms with E-state index in [-0.39, 0.29) is 21.2 Å². The Morgan fingerprint density at radius 2 is 1.59 bits per heavy atom. The summed E-state index contributed by atoms with van der Waals surface area (Å²) in [5.74, 6) is 1.16. The molecule has 2 saturated heterocycles. The van der Waals surface area contributed by atoms with E-state index in [0.717, 1.165) is 58.0 Å². The van der Waals surface area contributed by atoms with Crippen molar-refractivity contribution in [2.24, 2.45) is 11.8 Å². The van der Waals surface area contributed by atoms with E-state index in [1.54, 1.807) is 10.4 Å². The summed E-state index contributed by atoms with van der Waals surface area (Å²) in [5, 5.41) is 9.93. The number of carboxylic acids is 1. The Labute approximate surface area is 275 Å². The zero-order valence-electron chi connectivity index (χ0n) is 24.7. The highest BCUT2D eigenvalue weighted by atomic mass is 35.5. The van der Waals surface area contributed by atoms with E-state index >= 15 is 0 Å². The summed E-state index contributed by atoms with van der Waals surface area (Å²) in [6.45, 7) is 2.69. The van der Waals surface area contributed by atoms with Gasteiger partial charge < -0.3 is 10.0 Å². The average molecular weight is 708 g/mol. The second kappa shape index (κ2) is 15.8. The van der Waals surface area contributed by atoms with Crippen molar-refractivity contribution in [3.63, 3.8) is 0 Å². The van der Waals surface area contributed by atoms with E-state index in [9.17, 15) is 26.7 Å². The second-order valence-electron chi connectivity index (χ2n) is 11.4. The third kappa shape index (κ3) is 9.23. The van der Waals surface area contributed by atoms with Crippen LogP contribution in [0.25, 0.3) is 0 Å². The topological polar surface area (TPSA) is 137 Å². The summed E-state index contributed by atoms with van der Waals surface area (Å²) in [4.78, 5) is 18.1. The molecule has 44 heavy (non-hydrogen) atoms. The smallest absolute Gasteiger partial charge is 0.321 e. The lowest BCUT2D eigenvalue weighted by atomic mass is 9.87. The van der Waals surface area contributed by atoms with E-state index in [2.05, 4.69) is 14.6 Å². The van der Waals surface area contributed by atoms with Crippen molar-refractivity contribution in [3.8, 4) is 0 Å². The molecule has 0 bridgehead atoms. The number of carboxylic acid groups (broad SMARTS) is 1. The first kappa shape index (κ1) is 35.2. The van der Waals surface area contributed by atoms with E-state index < -0.39 is 32.1 Å². The number of pyridine rings is 1. The van der Waals surface area contributed by atoms with Gasteiger partial charge >= 0.3 is 5.97 Å². The molecule has 0 spiro atoms. The average Bonchev–Trinajstić information content (AvgIpc) is 3.01. The summed E-state index contributed by atoms with van der Waals surface area (Å²) < 4.78 is 55.3. The van der Waals surface area contributed by atoms with Crippen molar-refractivity contribution in [2.45, 2.75) is 67.2 Å². The molecular weight excluding hydrogens is 667 g/mol. The van der Waals surface area contributed by atoms with Crippen LogP contribution in [0.4, 0.5) is 5.82 Å². The van der Waals surface area contributed by atoms with Crippen LogP contribution in [0.15, 0.2) is 46.3 Å². The van der Waals surface area contributed by atoms with Gasteiger partial charge in [-0.2, -0.15) is 20.8 Å². The molecule has 10 nitrogen and oxygen atoms in total. The third-order valence-electron chi connectivity index (χ3n) is 8.50. The van der Waals surface area contributed by atoms with Gasteiger partial charge in [-0.05, 0) is 86.3 Å². The van der Waals surface area contributed by atoms with E-state index in [4.69, 9.17) is 23.2 Å². The third-order valence-corrected chi connectivity index (χ3v) is 13.2. The number of piperidine rings is 2. The van der Waals surface area contributed by atoms with Crippen LogP contribution in [0.1, 0.15) is 51.4 Å². The van der Waals surface area contributed by atoms with Crippen molar-refractivity contribution < 1.29 is 26.7 Å². The number of thioether (sulfide) groups is 1. The number of hydrogen-bond donors (Lipinski definition) is 2. The molecule has 0 amide bonds. The molecule has 2 N–H and O–H groups in total. The summed E-state index contributed by atoms with van der Waals surface area (Å²) in [5.41, 5.74) is 0. The standard InChI is InChI=1S/C29H40Cl2N4O6S3/c1-42-18-13-27(29(36)37)33-43(38,39)24-6-8-28(32-20-24)34-14-9-21(10-15-34)3-2-4-22-11-16-35(17-12-22)44(40,41)23-5-7-25(30)26(31)19-23/h5-8,19-22,27,33H,2-4,9-18H2,1H3,(H,36,37). The number of anilines is 1. The molecule has 0 saturated carbocycles. The van der Waals surface area contributed by atoms with Crippen molar-refractivity contribution in [1.82, 2.24) is 14.0 Å². The lowest BCUT2D eigenvalue weighted by Crippen LogP contribution is -2.41. The summed E-state index contributed by atoms with van der Waals surface area (Å²) in [7, 11) is -7.59. The molecule has 2 aliphatic rings. The molecule has 1 unspecified atom stereocenters. The zero-order valence-corrected chi connectivity index (χ0v) is 28.7. The molecule has 0 aliphatic carbocycles. The van der Waals surface area contributed by atoms with Crippen LogP contribution in [0.3, 0.4) is 0 Å². The van der Waals surface area contributed by atoms with E-state index in [1.807, 2.05) is 6.26 Å². The summed E-state index contributed by atoms with van der Waals surface area (Å²) in [6.07, 6.45) is 10.4. The van der Waals surface area contributed by atoms with Gasteiger partial charge in [-0.1, -0.05) is 42.5 Å². The van der Waals surface area contributed by atoms with Gasteiger partial charge in [0, 0.05) is 32.4 Å². The van der Waals surface area contributed by atoms with Crippen LogP contribution in [0.5, 0.6) is 0 Å². The normalized spacial score (nSPS) is 18.4. The van der Waals surface area contributed by atoms with Crippen LogP contribution in [0.2, 0.25) is 10.0 Å². The van der Waals surface area contributed by atoms with Crippen molar-refractivity contribution >= 4 is 66.8 Å². The first-order chi connectivity index (χ1) is 20.9. The van der Waals surface area contributed by atoms with Crippen molar-refractivity contribution in [3.05, 3.63) is 46.6 Å². The number of benzene rings is 1. The highest BCUT2D eigenvalue weighted by molar-refractivity contribution is 7.98. The highest BCUT2D eigenvalue weighted by Gasteiger charge is 2.30. The monoisotopic (exact) mass is 706 g/mol. The Balaban J connectivity index is 1.18. The van der Waals surface area contributed by atoms with Crippen LogP contribution >= 0.6 is 35.0 Å². The number of halogens is 2. The minimum atomic E-state index is -4.00. The Bertz CT molecular complexity index is 1480. The second-order valence-corrected chi connectivity index (χ2v) is 16.9. The molecule has 1 aromatic carbocycles. The highest BCUT2D eigenvalue weighted by Crippen LogP contribution is 2.32. The molecule has 0 radical (unpaired) electrons. The predicted octanol–water partition coefficient (Wildman–Crippen LogP) is 5.36. The fraction of sp³-hybridized carbons (Fsp3) is 0.586. The van der Waals surface area contributed by atoms with E-state index in [0.29, 0.717) is 41.5 Å². The first-order valence-corrected chi connectivity index (χ1v) is 19.9. The van der Waals surface area contributed by atoms with Gasteiger partial charge in [0.05, 0.1) is 14.9 Å². The quantitative estimate of drug-likeness (QED) is 0.266. The van der Waals surface area contributed by atoms with Crippen LogP contribution < -0.4 is 9.62 Å². The van der Waals surface area contributed by atoms with Crippen LogP contribution in [0, 0.1) is 11.8 Å². The number of nitrogens with one attached hydrogen (secondary N) is 1. The maximum absolute atomic E-state index is 13.0. The van der Waals surface area contributed by atoms with Gasteiger partial charge in [0.1, 0.15) is 16.8 Å². The number of nitrogens with zero attached hydrogens (tertiary/aromatic N) is 3. The van der Waals surface area contributed by atoms with Gasteiger partial charge in [-0.25, -0.2) is 21.8 Å². The Kier molecular flexibility index (Phi) is 12.7. The maximum Gasteiger partial charge on any atom is 0.321 e. The Morgan fingerprint density at radius 1 is 0.977 bits per heavy atom. The Hall–Kier alpha value is -1.61. The number of rotatable bonds is 14. The van der Waals surface area contributed by atoms with Gasteiger partial charge in [0.25, 0.3) is 0 Å². The lowest BCUT2D eigenvalue weighted by molar-refractivity contribution is -0.139. The molecule has 15 heteroatoms. The zero-order chi connectivity index (χ0) is 31.9. The number of hydrogen-bond acceptors (Lipinski definition) is 8. The van der Waals surface area contributed by atoms with Gasteiger partial charge in [-0.15, -0.1) is 0 Å². The first-order valence-electron chi connectivity index (χ1n) is 14.8. The minimum Gasteiger partial charge on any atom is -0.480 e. The van der Waals surface area contributed by atoms with Gasteiger partial charge in [-0.3, -0.25) is 4.79 Å². The number of carbonyl (C=O) groups is 1. The summed E-state index contributed by atoms with van der Waals surface area (Å²) in [6, 6.07) is 6.40. The predicted molar refractivity (Wildman–Crippen MR) is 176 cm³/mol. The Morgan fingerprint density at radius 3 is 2.14 bits per heavy atom. The van der Waals surface area contributed by atoms with Crippen LogP contribution in [-0.4, -0.2) is 81.4 Å². The molecule has 2 aliphatic heterocycles. The fourth-order valence-corrected chi connectivity index (χ4v) is 9.31. The fourth-order valence-electron chi connectivity index (χ4n) is 5.81. The molecular formula is C29H40Cl2N4O6S3. The molecule has 1 aromatic heterocycles. The molecule has 244 valence electrons. The minimum absolute atomic E-state index is 0.0515. The van der Waals surface area contributed by atoms with Gasteiger partial charge in [0.2, 0.25) is 20.0 Å². The summed E-state index contributed by atoms with van der Waals surface area (Å²) >= 11 is 13.4. The maximum atomic E-state index is 13.0. The molecule has 2 fully saturated rings. The molecule has 1 atom stereocenters. The molecule has 3 heterocycles. The van der Waals surface area contributed by atoms with Crippen LogP contribution in [-0.2, 0) is 24.8 Å². The van der Waals surface area contributed by atoms with Gasteiger partial charge in [0.15, 0.2) is 0 Å². The molecule has 4 rings (SSSR count). The largest absolute Gasteiger partial charge is 0.480 e. The number of sulfonamides is 2. The lowest BCUT2D eigenvalue weighted by Gasteiger charge is -2.34. The number of aliphatic carboxylic acids is 1. The van der Waals surface area contributed by atoms with Crippen molar-refractivity contribution in [1.29, 1.82) is 0 Å². The molecule has 2 aromatic rings. The number of aromatic nitrogens is 1. The van der Waals surface area contributed by atoms with E-state index in [1.165, 1.54) is 42.2 Å². The SMILES string of the molecule is CSCCC(NS(=O)(=O)c1ccc(N2CCC(CCCC3CCN(S(=O)(=O)c4ccc(Cl)c(Cl)c4)CC3)CC2)nc1)C(=O)O.